The summed E-state index contributed by atoms with van der Waals surface area (Å²) in [4.78, 5) is 23.5. The molecule has 104 valence electrons. The van der Waals surface area contributed by atoms with Crippen LogP contribution >= 0.6 is 23.4 Å². The first-order valence-corrected chi connectivity index (χ1v) is 7.30. The predicted octanol–water partition coefficient (Wildman–Crippen LogP) is 2.51. The van der Waals surface area contributed by atoms with E-state index in [-0.39, 0.29) is 18.9 Å². The van der Waals surface area contributed by atoms with Gasteiger partial charge < -0.3 is 10.0 Å². The molecular weight excluding hydrogens is 286 g/mol. The van der Waals surface area contributed by atoms with E-state index in [2.05, 4.69) is 0 Å². The maximum absolute atomic E-state index is 11.7. The van der Waals surface area contributed by atoms with Crippen molar-refractivity contribution in [3.05, 3.63) is 34.9 Å². The normalized spacial score (nSPS) is 10.2. The molecule has 0 aromatic heterocycles. The molecule has 0 aliphatic carbocycles. The summed E-state index contributed by atoms with van der Waals surface area (Å²) in [7, 11) is 1.62. The number of hydrogen-bond donors (Lipinski definition) is 1. The number of benzene rings is 1. The standard InChI is InChI=1S/C13H16ClNO3S/c1-15(7-6-13(17)18)12(16)9-19-8-10-2-4-11(14)5-3-10/h2-5H,6-9H2,1H3,(H,17,18). The predicted molar refractivity (Wildman–Crippen MR) is 77.5 cm³/mol. The van der Waals surface area contributed by atoms with Crippen molar-refractivity contribution in [2.24, 2.45) is 0 Å². The van der Waals surface area contributed by atoms with Crippen molar-refractivity contribution in [2.75, 3.05) is 19.3 Å². The van der Waals surface area contributed by atoms with Crippen LogP contribution in [0.2, 0.25) is 5.02 Å². The molecule has 19 heavy (non-hydrogen) atoms. The van der Waals surface area contributed by atoms with Gasteiger partial charge in [-0.2, -0.15) is 0 Å². The lowest BCUT2D eigenvalue weighted by atomic mass is 10.2. The molecule has 6 heteroatoms. The minimum absolute atomic E-state index is 0.0237. The molecule has 4 nitrogen and oxygen atoms in total. The summed E-state index contributed by atoms with van der Waals surface area (Å²) >= 11 is 7.28. The maximum atomic E-state index is 11.7. The molecule has 0 fully saturated rings. The first-order chi connectivity index (χ1) is 8.99. The second-order valence-electron chi connectivity index (χ2n) is 4.08. The van der Waals surface area contributed by atoms with E-state index in [4.69, 9.17) is 16.7 Å². The molecule has 0 aliphatic rings. The Morgan fingerprint density at radius 2 is 1.95 bits per heavy atom. The van der Waals surface area contributed by atoms with Crippen LogP contribution in [0.25, 0.3) is 0 Å². The van der Waals surface area contributed by atoms with Crippen molar-refractivity contribution in [3.8, 4) is 0 Å². The van der Waals surface area contributed by atoms with Crippen molar-refractivity contribution in [2.45, 2.75) is 12.2 Å². The molecule has 0 saturated carbocycles. The van der Waals surface area contributed by atoms with Gasteiger partial charge in [0.25, 0.3) is 0 Å². The second-order valence-corrected chi connectivity index (χ2v) is 5.50. The Kier molecular flexibility index (Phi) is 6.73. The summed E-state index contributed by atoms with van der Waals surface area (Å²) in [6.07, 6.45) is -0.0237. The molecule has 0 heterocycles. The molecule has 0 saturated heterocycles. The van der Waals surface area contributed by atoms with E-state index >= 15 is 0 Å². The Balaban J connectivity index is 2.26. The van der Waals surface area contributed by atoms with E-state index in [1.54, 1.807) is 7.05 Å². The summed E-state index contributed by atoms with van der Waals surface area (Å²) in [6.45, 7) is 0.246. The Labute approximate surface area is 121 Å². The Hall–Kier alpha value is -1.20. The van der Waals surface area contributed by atoms with E-state index in [0.717, 1.165) is 11.3 Å². The number of nitrogens with zero attached hydrogens (tertiary/aromatic N) is 1. The Morgan fingerprint density at radius 1 is 1.32 bits per heavy atom. The van der Waals surface area contributed by atoms with Gasteiger partial charge in [0.15, 0.2) is 0 Å². The van der Waals surface area contributed by atoms with Crippen LogP contribution in [0.1, 0.15) is 12.0 Å². The Bertz CT molecular complexity index is 436. The molecule has 0 aliphatic heterocycles. The monoisotopic (exact) mass is 301 g/mol. The number of halogens is 1. The van der Waals surface area contributed by atoms with Gasteiger partial charge in [-0.1, -0.05) is 23.7 Å². The van der Waals surface area contributed by atoms with Gasteiger partial charge in [0.2, 0.25) is 5.91 Å². The smallest absolute Gasteiger partial charge is 0.305 e. The number of carbonyl (C=O) groups is 2. The molecule has 0 unspecified atom stereocenters. The minimum atomic E-state index is -0.895. The minimum Gasteiger partial charge on any atom is -0.481 e. The molecule has 1 aromatic carbocycles. The topological polar surface area (TPSA) is 57.6 Å². The third kappa shape index (κ3) is 6.50. The largest absolute Gasteiger partial charge is 0.481 e. The van der Waals surface area contributed by atoms with Gasteiger partial charge in [0, 0.05) is 24.4 Å². The number of carbonyl (C=O) groups excluding carboxylic acids is 1. The SMILES string of the molecule is CN(CCC(=O)O)C(=O)CSCc1ccc(Cl)cc1. The van der Waals surface area contributed by atoms with E-state index < -0.39 is 5.97 Å². The van der Waals surface area contributed by atoms with Gasteiger partial charge in [0.1, 0.15) is 0 Å². The fraction of sp³-hybridized carbons (Fsp3) is 0.385. The first kappa shape index (κ1) is 15.9. The molecule has 1 amide bonds. The summed E-state index contributed by atoms with van der Waals surface area (Å²) in [5, 5.41) is 9.23. The summed E-state index contributed by atoms with van der Waals surface area (Å²) in [6, 6.07) is 7.48. The molecular formula is C13H16ClNO3S. The van der Waals surface area contributed by atoms with Gasteiger partial charge in [-0.05, 0) is 17.7 Å². The van der Waals surface area contributed by atoms with Crippen LogP contribution in [0.3, 0.4) is 0 Å². The van der Waals surface area contributed by atoms with Gasteiger partial charge >= 0.3 is 5.97 Å². The summed E-state index contributed by atoms with van der Waals surface area (Å²) in [5.41, 5.74) is 1.11. The zero-order chi connectivity index (χ0) is 14.3. The van der Waals surface area contributed by atoms with Crippen molar-refractivity contribution < 1.29 is 14.7 Å². The van der Waals surface area contributed by atoms with Crippen molar-refractivity contribution in [3.63, 3.8) is 0 Å². The zero-order valence-electron chi connectivity index (χ0n) is 10.6. The molecule has 0 spiro atoms. The average molecular weight is 302 g/mol. The highest BCUT2D eigenvalue weighted by atomic mass is 35.5. The number of hydrogen-bond acceptors (Lipinski definition) is 3. The third-order valence-electron chi connectivity index (χ3n) is 2.49. The number of carboxylic acids is 1. The van der Waals surface area contributed by atoms with Gasteiger partial charge in [-0.3, -0.25) is 9.59 Å². The van der Waals surface area contributed by atoms with Crippen molar-refractivity contribution >= 4 is 35.2 Å². The summed E-state index contributed by atoms with van der Waals surface area (Å²) in [5.74, 6) is 0.128. The van der Waals surface area contributed by atoms with Crippen LogP contribution in [-0.2, 0) is 15.3 Å². The quantitative estimate of drug-likeness (QED) is 0.841. The van der Waals surface area contributed by atoms with Crippen LogP contribution in [0.15, 0.2) is 24.3 Å². The van der Waals surface area contributed by atoms with Crippen molar-refractivity contribution in [1.29, 1.82) is 0 Å². The van der Waals surface area contributed by atoms with Crippen LogP contribution in [0, 0.1) is 0 Å². The van der Waals surface area contributed by atoms with Crippen molar-refractivity contribution in [1.82, 2.24) is 4.90 Å². The van der Waals surface area contributed by atoms with E-state index in [9.17, 15) is 9.59 Å². The van der Waals surface area contributed by atoms with Gasteiger partial charge in [-0.25, -0.2) is 0 Å². The number of carboxylic acid groups (broad SMARTS) is 1. The maximum Gasteiger partial charge on any atom is 0.305 e. The molecule has 0 bridgehead atoms. The first-order valence-electron chi connectivity index (χ1n) is 5.77. The van der Waals surface area contributed by atoms with E-state index in [1.807, 2.05) is 24.3 Å². The lowest BCUT2D eigenvalue weighted by molar-refractivity contribution is -0.137. The number of rotatable bonds is 7. The lowest BCUT2D eigenvalue weighted by Gasteiger charge is -2.15. The molecule has 0 atom stereocenters. The fourth-order valence-corrected chi connectivity index (χ4v) is 2.39. The van der Waals surface area contributed by atoms with Crippen LogP contribution in [0.5, 0.6) is 0 Å². The summed E-state index contributed by atoms with van der Waals surface area (Å²) < 4.78 is 0. The van der Waals surface area contributed by atoms with Crippen LogP contribution in [0.4, 0.5) is 0 Å². The molecule has 1 N–H and O–H groups in total. The fourth-order valence-electron chi connectivity index (χ4n) is 1.34. The molecule has 1 aromatic rings. The third-order valence-corrected chi connectivity index (χ3v) is 3.73. The van der Waals surface area contributed by atoms with Gasteiger partial charge in [-0.15, -0.1) is 11.8 Å². The van der Waals surface area contributed by atoms with E-state index in [1.165, 1.54) is 16.7 Å². The highest BCUT2D eigenvalue weighted by molar-refractivity contribution is 7.99. The molecule has 1 rings (SSSR count). The zero-order valence-corrected chi connectivity index (χ0v) is 12.2. The highest BCUT2D eigenvalue weighted by Crippen LogP contribution is 2.15. The van der Waals surface area contributed by atoms with E-state index in [0.29, 0.717) is 10.8 Å². The van der Waals surface area contributed by atoms with Crippen LogP contribution in [-0.4, -0.2) is 41.2 Å². The van der Waals surface area contributed by atoms with Crippen LogP contribution < -0.4 is 0 Å². The highest BCUT2D eigenvalue weighted by Gasteiger charge is 2.10. The Morgan fingerprint density at radius 3 is 2.53 bits per heavy atom. The second kappa shape index (κ2) is 8.07. The average Bonchev–Trinajstić information content (AvgIpc) is 2.38. The number of thioether (sulfide) groups is 1. The number of amides is 1. The lowest BCUT2D eigenvalue weighted by Crippen LogP contribution is -2.30. The van der Waals surface area contributed by atoms with Gasteiger partial charge in [0.05, 0.1) is 12.2 Å². The number of aliphatic carboxylic acids is 1. The molecule has 0 radical (unpaired) electrons.